The van der Waals surface area contributed by atoms with Gasteiger partial charge in [-0.05, 0) is 25.1 Å². The summed E-state index contributed by atoms with van der Waals surface area (Å²) in [5, 5.41) is 14.2. The molecule has 0 radical (unpaired) electrons. The Balaban J connectivity index is 1.70. The van der Waals surface area contributed by atoms with Crippen LogP contribution in [-0.4, -0.2) is 27.8 Å². The molecule has 8 heteroatoms. The van der Waals surface area contributed by atoms with E-state index in [4.69, 9.17) is 15.0 Å². The van der Waals surface area contributed by atoms with Crippen LogP contribution in [0.3, 0.4) is 0 Å². The van der Waals surface area contributed by atoms with E-state index >= 15 is 0 Å². The van der Waals surface area contributed by atoms with E-state index in [1.807, 2.05) is 12.1 Å². The van der Waals surface area contributed by atoms with Crippen molar-refractivity contribution in [1.82, 2.24) is 10.1 Å². The van der Waals surface area contributed by atoms with E-state index < -0.39 is 12.0 Å². The summed E-state index contributed by atoms with van der Waals surface area (Å²) in [6.45, 7) is 2.24. The van der Waals surface area contributed by atoms with E-state index in [1.54, 1.807) is 19.1 Å². The highest BCUT2D eigenvalue weighted by Gasteiger charge is 2.22. The van der Waals surface area contributed by atoms with Crippen LogP contribution in [0.5, 0.6) is 5.75 Å². The Morgan fingerprint density at radius 2 is 2.26 bits per heavy atom. The normalized spacial score (nSPS) is 13.4. The number of fused-ring (bicyclic) bond motifs is 3. The highest BCUT2D eigenvalue weighted by molar-refractivity contribution is 7.14. The van der Waals surface area contributed by atoms with Gasteiger partial charge in [0.25, 0.3) is 5.91 Å². The largest absolute Gasteiger partial charge is 0.493 e. The summed E-state index contributed by atoms with van der Waals surface area (Å²) in [6, 6.07) is 7.08. The SMILES string of the molecule is Cc1cc([C@H](O)C#Cc2ccc3c(c2)-c2nc(C(N)=O)sc2CCO3)no1. The molecule has 0 unspecified atom stereocenters. The molecule has 1 amide bonds. The minimum atomic E-state index is -1.05. The molecule has 0 fully saturated rings. The maximum absolute atomic E-state index is 11.5. The number of primary amides is 1. The van der Waals surface area contributed by atoms with Gasteiger partial charge >= 0.3 is 0 Å². The smallest absolute Gasteiger partial charge is 0.277 e. The van der Waals surface area contributed by atoms with Gasteiger partial charge in [0.15, 0.2) is 11.1 Å². The number of aromatic nitrogens is 2. The number of carbonyl (C=O) groups is 1. The number of nitrogens with zero attached hydrogens (tertiary/aromatic N) is 2. The zero-order chi connectivity index (χ0) is 19.0. The van der Waals surface area contributed by atoms with Crippen LogP contribution in [0.1, 0.15) is 37.8 Å². The highest BCUT2D eigenvalue weighted by Crippen LogP contribution is 2.38. The zero-order valence-electron chi connectivity index (χ0n) is 14.4. The van der Waals surface area contributed by atoms with Crippen LogP contribution in [0.4, 0.5) is 0 Å². The average Bonchev–Trinajstić information content (AvgIpc) is 3.23. The Bertz CT molecular complexity index is 1090. The minimum absolute atomic E-state index is 0.279. The summed E-state index contributed by atoms with van der Waals surface area (Å²) in [4.78, 5) is 16.8. The van der Waals surface area contributed by atoms with Gasteiger partial charge in [-0.1, -0.05) is 17.0 Å². The number of carbonyl (C=O) groups excluding carboxylic acids is 1. The average molecular weight is 381 g/mol. The number of nitrogens with two attached hydrogens (primary N) is 1. The lowest BCUT2D eigenvalue weighted by Crippen LogP contribution is -2.10. The van der Waals surface area contributed by atoms with E-state index in [0.29, 0.717) is 41.5 Å². The third kappa shape index (κ3) is 3.43. The molecule has 0 saturated carbocycles. The molecule has 3 aromatic rings. The molecule has 0 saturated heterocycles. The van der Waals surface area contributed by atoms with Crippen LogP contribution in [0.15, 0.2) is 28.8 Å². The number of benzene rings is 1. The molecule has 136 valence electrons. The molecular formula is C19H15N3O4S. The molecule has 0 aliphatic carbocycles. The molecule has 3 N–H and O–H groups in total. The van der Waals surface area contributed by atoms with E-state index in [-0.39, 0.29) is 5.01 Å². The van der Waals surface area contributed by atoms with Gasteiger partial charge in [0.1, 0.15) is 17.2 Å². The quantitative estimate of drug-likeness (QED) is 0.659. The van der Waals surface area contributed by atoms with Crippen molar-refractivity contribution in [3.05, 3.63) is 51.2 Å². The Hall–Kier alpha value is -3.15. The number of aliphatic hydroxyl groups is 1. The lowest BCUT2D eigenvalue weighted by atomic mass is 10.1. The summed E-state index contributed by atoms with van der Waals surface area (Å²) < 4.78 is 10.7. The van der Waals surface area contributed by atoms with Gasteiger partial charge in [-0.15, -0.1) is 11.3 Å². The predicted octanol–water partition coefficient (Wildman–Crippen LogP) is 2.23. The Labute approximate surface area is 158 Å². The van der Waals surface area contributed by atoms with Crippen molar-refractivity contribution in [3.8, 4) is 28.8 Å². The van der Waals surface area contributed by atoms with Crippen LogP contribution >= 0.6 is 11.3 Å². The van der Waals surface area contributed by atoms with Crippen molar-refractivity contribution in [2.45, 2.75) is 19.4 Å². The van der Waals surface area contributed by atoms with Gasteiger partial charge < -0.3 is 20.1 Å². The fourth-order valence-corrected chi connectivity index (χ4v) is 3.66. The van der Waals surface area contributed by atoms with Gasteiger partial charge in [0.05, 0.1) is 12.3 Å². The maximum Gasteiger partial charge on any atom is 0.277 e. The molecular weight excluding hydrogens is 366 g/mol. The Morgan fingerprint density at radius 1 is 1.41 bits per heavy atom. The monoisotopic (exact) mass is 381 g/mol. The topological polar surface area (TPSA) is 111 Å². The highest BCUT2D eigenvalue weighted by atomic mass is 32.1. The number of hydrogen-bond acceptors (Lipinski definition) is 7. The van der Waals surface area contributed by atoms with Crippen LogP contribution < -0.4 is 10.5 Å². The van der Waals surface area contributed by atoms with Crippen molar-refractivity contribution >= 4 is 17.2 Å². The molecule has 2 aromatic heterocycles. The van der Waals surface area contributed by atoms with Crippen molar-refractivity contribution in [1.29, 1.82) is 0 Å². The van der Waals surface area contributed by atoms with Crippen LogP contribution in [0.2, 0.25) is 0 Å². The number of hydrogen-bond donors (Lipinski definition) is 2. The third-order valence-corrected chi connectivity index (χ3v) is 5.14. The van der Waals surface area contributed by atoms with Crippen molar-refractivity contribution in [3.63, 3.8) is 0 Å². The first-order chi connectivity index (χ1) is 13.0. The van der Waals surface area contributed by atoms with E-state index in [2.05, 4.69) is 22.0 Å². The van der Waals surface area contributed by atoms with Gasteiger partial charge in [-0.2, -0.15) is 0 Å². The van der Waals surface area contributed by atoms with Gasteiger partial charge in [0, 0.05) is 28.5 Å². The van der Waals surface area contributed by atoms with Crippen molar-refractivity contribution in [2.24, 2.45) is 5.73 Å². The first kappa shape index (κ1) is 17.3. The number of amides is 1. The molecule has 4 rings (SSSR count). The molecule has 0 spiro atoms. The lowest BCUT2D eigenvalue weighted by Gasteiger charge is -2.07. The second-order valence-corrected chi connectivity index (χ2v) is 7.08. The number of aryl methyl sites for hydroxylation is 1. The summed E-state index contributed by atoms with van der Waals surface area (Å²) >= 11 is 1.28. The van der Waals surface area contributed by atoms with Gasteiger partial charge in [-0.25, -0.2) is 4.98 Å². The first-order valence-corrected chi connectivity index (χ1v) is 9.02. The second-order valence-electron chi connectivity index (χ2n) is 6.00. The summed E-state index contributed by atoms with van der Waals surface area (Å²) in [7, 11) is 0. The molecule has 3 heterocycles. The lowest BCUT2D eigenvalue weighted by molar-refractivity contribution is 0.1000. The zero-order valence-corrected chi connectivity index (χ0v) is 15.2. The Morgan fingerprint density at radius 3 is 3.00 bits per heavy atom. The number of thiazole rings is 1. The van der Waals surface area contributed by atoms with Gasteiger partial charge in [-0.3, -0.25) is 4.79 Å². The molecule has 27 heavy (non-hydrogen) atoms. The fourth-order valence-electron chi connectivity index (χ4n) is 2.75. The van der Waals surface area contributed by atoms with Gasteiger partial charge in [0.2, 0.25) is 0 Å². The number of aliphatic hydroxyl groups excluding tert-OH is 1. The number of rotatable bonds is 2. The van der Waals surface area contributed by atoms with Crippen molar-refractivity contribution in [2.75, 3.05) is 6.61 Å². The predicted molar refractivity (Wildman–Crippen MR) is 98.3 cm³/mol. The summed E-state index contributed by atoms with van der Waals surface area (Å²) in [5.41, 5.74) is 7.86. The molecule has 1 atom stereocenters. The van der Waals surface area contributed by atoms with E-state index in [1.165, 1.54) is 11.3 Å². The third-order valence-electron chi connectivity index (χ3n) is 4.01. The van der Waals surface area contributed by atoms with E-state index in [9.17, 15) is 9.90 Å². The Kier molecular flexibility index (Phi) is 4.39. The molecule has 1 aliphatic heterocycles. The second kappa shape index (κ2) is 6.87. The van der Waals surface area contributed by atoms with E-state index in [0.717, 1.165) is 10.4 Å². The summed E-state index contributed by atoms with van der Waals surface area (Å²) in [6.07, 6.45) is -0.394. The molecule has 1 aliphatic rings. The number of ether oxygens (including phenoxy) is 1. The van der Waals surface area contributed by atoms with Crippen LogP contribution in [0.25, 0.3) is 11.3 Å². The summed E-state index contributed by atoms with van der Waals surface area (Å²) in [5.74, 6) is 6.41. The van der Waals surface area contributed by atoms with Crippen LogP contribution in [0, 0.1) is 18.8 Å². The molecule has 0 bridgehead atoms. The maximum atomic E-state index is 11.5. The van der Waals surface area contributed by atoms with Crippen LogP contribution in [-0.2, 0) is 6.42 Å². The first-order valence-electron chi connectivity index (χ1n) is 8.21. The fraction of sp³-hybridized carbons (Fsp3) is 0.211. The molecule has 1 aromatic carbocycles. The minimum Gasteiger partial charge on any atom is -0.493 e. The van der Waals surface area contributed by atoms with Crippen molar-refractivity contribution < 1.29 is 19.2 Å². The molecule has 7 nitrogen and oxygen atoms in total. The standard InChI is InChI=1S/C19H15N3O4S/c1-10-8-13(22-26-10)14(23)4-2-11-3-5-15-12(9-11)17-16(6-7-25-15)27-19(21-17)18(20)24/h3,5,8-9,14,23H,6-7H2,1H3,(H2,20,24)/t14-/m1/s1.